The number of nitrogens with two attached hydrogens (primary N) is 1. The highest BCUT2D eigenvalue weighted by atomic mass is 32.2. The van der Waals surface area contributed by atoms with Crippen molar-refractivity contribution in [1.29, 1.82) is 0 Å². The molecular weight excluding hydrogens is 348 g/mol. The number of sulfonamides is 1. The molecule has 25 heavy (non-hydrogen) atoms. The van der Waals surface area contributed by atoms with Crippen LogP contribution in [0.3, 0.4) is 0 Å². The Labute approximate surface area is 146 Å². The summed E-state index contributed by atoms with van der Waals surface area (Å²) in [5, 5.41) is 19.1. The maximum absolute atomic E-state index is 12.0. The van der Waals surface area contributed by atoms with Gasteiger partial charge in [-0.3, -0.25) is 14.9 Å². The summed E-state index contributed by atoms with van der Waals surface area (Å²) in [7, 11) is -4.11. The van der Waals surface area contributed by atoms with Gasteiger partial charge in [-0.25, -0.2) is 13.6 Å². The van der Waals surface area contributed by atoms with Crippen LogP contribution < -0.4 is 10.5 Å². The molecule has 1 amide bonds. The fourth-order valence-corrected chi connectivity index (χ4v) is 3.53. The van der Waals surface area contributed by atoms with Gasteiger partial charge in [-0.2, -0.15) is 0 Å². The molecule has 10 heteroatoms. The Balaban J connectivity index is 2.14. The van der Waals surface area contributed by atoms with E-state index in [1.54, 1.807) is 4.90 Å². The number of nitro benzene ring substituents is 1. The highest BCUT2D eigenvalue weighted by molar-refractivity contribution is 7.89. The van der Waals surface area contributed by atoms with Crippen LogP contribution in [-0.2, 0) is 14.8 Å². The second kappa shape index (κ2) is 7.36. The number of anilines is 1. The third-order valence-corrected chi connectivity index (χ3v) is 5.09. The van der Waals surface area contributed by atoms with Gasteiger partial charge in [0, 0.05) is 37.2 Å². The molecule has 0 atom stereocenters. The molecule has 9 nitrogen and oxygen atoms in total. The van der Waals surface area contributed by atoms with Gasteiger partial charge in [0.1, 0.15) is 4.90 Å². The van der Waals surface area contributed by atoms with Crippen molar-refractivity contribution in [2.45, 2.75) is 37.6 Å². The van der Waals surface area contributed by atoms with E-state index in [0.29, 0.717) is 25.9 Å². The van der Waals surface area contributed by atoms with Gasteiger partial charge in [0.05, 0.1) is 10.6 Å². The van der Waals surface area contributed by atoms with Crippen LogP contribution in [0, 0.1) is 16.0 Å². The number of nitro groups is 1. The number of hydrogen-bond donors (Lipinski definition) is 2. The first-order chi connectivity index (χ1) is 11.6. The van der Waals surface area contributed by atoms with Crippen LogP contribution in [0.5, 0.6) is 0 Å². The molecule has 0 saturated carbocycles. The zero-order valence-corrected chi connectivity index (χ0v) is 15.0. The normalized spacial score (nSPS) is 16.1. The highest BCUT2D eigenvalue weighted by Crippen LogP contribution is 2.27. The zero-order valence-electron chi connectivity index (χ0n) is 14.1. The average molecular weight is 370 g/mol. The first-order valence-corrected chi connectivity index (χ1v) is 9.51. The van der Waals surface area contributed by atoms with Crippen molar-refractivity contribution in [2.24, 2.45) is 11.1 Å². The van der Waals surface area contributed by atoms with E-state index in [0.717, 1.165) is 6.07 Å². The van der Waals surface area contributed by atoms with E-state index in [9.17, 15) is 23.3 Å². The third-order valence-electron chi connectivity index (χ3n) is 4.14. The Hall–Kier alpha value is -2.20. The number of carbonyl (C=O) groups excluding carboxylic acids is 1. The second-order valence-electron chi connectivity index (χ2n) is 6.38. The molecule has 3 N–H and O–H groups in total. The quantitative estimate of drug-likeness (QED) is 0.592. The number of nitrogens with zero attached hydrogens (tertiary/aromatic N) is 2. The number of likely N-dealkylation sites (tertiary alicyclic amines) is 1. The molecule has 0 radical (unpaired) electrons. The van der Waals surface area contributed by atoms with Crippen molar-refractivity contribution < 1.29 is 18.1 Å². The van der Waals surface area contributed by atoms with Crippen molar-refractivity contribution in [1.82, 2.24) is 4.90 Å². The minimum Gasteiger partial charge on any atom is -0.381 e. The lowest BCUT2D eigenvalue weighted by atomic mass is 10.0. The summed E-state index contributed by atoms with van der Waals surface area (Å²) in [4.78, 5) is 23.7. The Morgan fingerprint density at radius 3 is 2.44 bits per heavy atom. The van der Waals surface area contributed by atoms with Crippen molar-refractivity contribution in [3.63, 3.8) is 0 Å². The van der Waals surface area contributed by atoms with Gasteiger partial charge in [-0.15, -0.1) is 0 Å². The topological polar surface area (TPSA) is 136 Å². The van der Waals surface area contributed by atoms with Gasteiger partial charge in [0.2, 0.25) is 15.9 Å². The first kappa shape index (κ1) is 19.1. The second-order valence-corrected chi connectivity index (χ2v) is 7.91. The third kappa shape index (κ3) is 4.67. The van der Waals surface area contributed by atoms with Crippen LogP contribution >= 0.6 is 0 Å². The van der Waals surface area contributed by atoms with E-state index in [2.05, 4.69) is 5.32 Å². The maximum atomic E-state index is 12.0. The van der Waals surface area contributed by atoms with Crippen LogP contribution in [0.15, 0.2) is 23.1 Å². The van der Waals surface area contributed by atoms with Crippen LogP contribution in [-0.4, -0.2) is 43.3 Å². The van der Waals surface area contributed by atoms with E-state index in [-0.39, 0.29) is 34.1 Å². The minimum atomic E-state index is -4.11. The highest BCUT2D eigenvalue weighted by Gasteiger charge is 2.26. The SMILES string of the molecule is CC(C)C(=O)N1CCC(Nc2ccc([N+](=O)[O-])cc2S(N)(=O)=O)CC1. The monoisotopic (exact) mass is 370 g/mol. The molecule has 0 aliphatic carbocycles. The molecule has 0 aromatic heterocycles. The van der Waals surface area contributed by atoms with Crippen molar-refractivity contribution >= 4 is 27.3 Å². The lowest BCUT2D eigenvalue weighted by Gasteiger charge is -2.34. The number of benzene rings is 1. The van der Waals surface area contributed by atoms with Gasteiger partial charge < -0.3 is 10.2 Å². The van der Waals surface area contributed by atoms with Crippen molar-refractivity contribution in [2.75, 3.05) is 18.4 Å². The number of amides is 1. The fourth-order valence-electron chi connectivity index (χ4n) is 2.81. The van der Waals surface area contributed by atoms with Gasteiger partial charge in [-0.05, 0) is 18.9 Å². The summed E-state index contributed by atoms with van der Waals surface area (Å²) < 4.78 is 23.5. The smallest absolute Gasteiger partial charge is 0.270 e. The summed E-state index contributed by atoms with van der Waals surface area (Å²) in [5.74, 6) is 0.0344. The predicted molar refractivity (Wildman–Crippen MR) is 92.5 cm³/mol. The summed E-state index contributed by atoms with van der Waals surface area (Å²) in [6.45, 7) is 4.85. The molecular formula is C15H22N4O5S. The first-order valence-electron chi connectivity index (χ1n) is 7.96. The van der Waals surface area contributed by atoms with Crippen LogP contribution in [0.25, 0.3) is 0 Å². The Bertz CT molecular complexity index is 770. The molecule has 1 heterocycles. The maximum Gasteiger partial charge on any atom is 0.270 e. The van der Waals surface area contributed by atoms with Crippen molar-refractivity contribution in [3.8, 4) is 0 Å². The number of carbonyl (C=O) groups is 1. The lowest BCUT2D eigenvalue weighted by Crippen LogP contribution is -2.44. The molecule has 0 spiro atoms. The molecule has 0 bridgehead atoms. The number of hydrogen-bond acceptors (Lipinski definition) is 6. The number of nitrogens with one attached hydrogen (secondary N) is 1. The molecule has 138 valence electrons. The average Bonchev–Trinajstić information content (AvgIpc) is 2.54. The van der Waals surface area contributed by atoms with Crippen LogP contribution in [0.1, 0.15) is 26.7 Å². The van der Waals surface area contributed by atoms with E-state index in [1.807, 2.05) is 13.8 Å². The van der Waals surface area contributed by atoms with Gasteiger partial charge >= 0.3 is 0 Å². The van der Waals surface area contributed by atoms with Gasteiger partial charge in [-0.1, -0.05) is 13.8 Å². The Kier molecular flexibility index (Phi) is 5.63. The molecule has 1 aromatic rings. The molecule has 2 rings (SSSR count). The molecule has 1 aliphatic heterocycles. The zero-order chi connectivity index (χ0) is 18.8. The summed E-state index contributed by atoms with van der Waals surface area (Å²) in [6.07, 6.45) is 1.30. The van der Waals surface area contributed by atoms with E-state index in [1.165, 1.54) is 12.1 Å². The molecule has 1 fully saturated rings. The summed E-state index contributed by atoms with van der Waals surface area (Å²) in [5.41, 5.74) is -0.103. The largest absolute Gasteiger partial charge is 0.381 e. The van der Waals surface area contributed by atoms with Crippen molar-refractivity contribution in [3.05, 3.63) is 28.3 Å². The Morgan fingerprint density at radius 1 is 1.36 bits per heavy atom. The number of primary sulfonamides is 1. The van der Waals surface area contributed by atoms with E-state index >= 15 is 0 Å². The van der Waals surface area contributed by atoms with Gasteiger partial charge in [0.15, 0.2) is 0 Å². The summed E-state index contributed by atoms with van der Waals surface area (Å²) in [6, 6.07) is 3.49. The minimum absolute atomic E-state index is 0.0434. The molecule has 0 unspecified atom stereocenters. The van der Waals surface area contributed by atoms with Crippen LogP contribution in [0.4, 0.5) is 11.4 Å². The van der Waals surface area contributed by atoms with Gasteiger partial charge in [0.25, 0.3) is 5.69 Å². The molecule has 1 aromatic carbocycles. The summed E-state index contributed by atoms with van der Waals surface area (Å²) >= 11 is 0. The molecule has 1 aliphatic rings. The number of rotatable bonds is 5. The number of piperidine rings is 1. The standard InChI is InChI=1S/C15H22N4O5S/c1-10(2)15(20)18-7-5-11(6-8-18)17-13-4-3-12(19(21)22)9-14(13)25(16,23)24/h3-4,9-11,17H,5-8H2,1-2H3,(H2,16,23,24). The molecule has 1 saturated heterocycles. The lowest BCUT2D eigenvalue weighted by molar-refractivity contribution is -0.385. The van der Waals surface area contributed by atoms with E-state index < -0.39 is 14.9 Å². The predicted octanol–water partition coefficient (Wildman–Crippen LogP) is 1.30. The van der Waals surface area contributed by atoms with E-state index in [4.69, 9.17) is 5.14 Å². The fraction of sp³-hybridized carbons (Fsp3) is 0.533. The Morgan fingerprint density at radius 2 is 1.96 bits per heavy atom. The number of non-ortho nitro benzene ring substituents is 1. The van der Waals surface area contributed by atoms with Crippen LogP contribution in [0.2, 0.25) is 0 Å².